The number of hydrogen-bond acceptors (Lipinski definition) is 3. The van der Waals surface area contributed by atoms with Crippen LogP contribution in [0.25, 0.3) is 16.8 Å². The second-order valence-corrected chi connectivity index (χ2v) is 6.27. The van der Waals surface area contributed by atoms with Gasteiger partial charge in [0.2, 0.25) is 0 Å². The summed E-state index contributed by atoms with van der Waals surface area (Å²) in [5.41, 5.74) is 1.54. The summed E-state index contributed by atoms with van der Waals surface area (Å²) >= 11 is 1.19. The molecule has 5 heteroatoms. The quantitative estimate of drug-likeness (QED) is 0.682. The summed E-state index contributed by atoms with van der Waals surface area (Å²) in [6, 6.07) is 15.5. The van der Waals surface area contributed by atoms with Gasteiger partial charge in [0.1, 0.15) is 5.00 Å². The lowest BCUT2D eigenvalue weighted by molar-refractivity contribution is -0.112. The number of carbonyl (C=O) groups excluding carboxylic acids is 1. The summed E-state index contributed by atoms with van der Waals surface area (Å²) in [4.78, 5) is 23.4. The third-order valence-corrected chi connectivity index (χ3v) is 4.47. The SMILES string of the molecule is C/C(=C\c1ccc2ccccc2c1)C(=O)Nc1sccc1C(=O)O. The second-order valence-electron chi connectivity index (χ2n) is 5.36. The molecule has 1 amide bonds. The summed E-state index contributed by atoms with van der Waals surface area (Å²) in [7, 11) is 0. The first kappa shape index (κ1) is 16.0. The number of anilines is 1. The van der Waals surface area contributed by atoms with Crippen molar-refractivity contribution in [3.63, 3.8) is 0 Å². The average Bonchev–Trinajstić information content (AvgIpc) is 3.03. The molecule has 0 unspecified atom stereocenters. The van der Waals surface area contributed by atoms with E-state index in [1.807, 2.05) is 42.5 Å². The molecule has 3 aromatic rings. The van der Waals surface area contributed by atoms with Gasteiger partial charge in [0.25, 0.3) is 5.91 Å². The Kier molecular flexibility index (Phi) is 4.44. The highest BCUT2D eigenvalue weighted by atomic mass is 32.1. The van der Waals surface area contributed by atoms with Crippen LogP contribution in [0, 0.1) is 0 Å². The number of hydrogen-bond donors (Lipinski definition) is 2. The van der Waals surface area contributed by atoms with Gasteiger partial charge in [-0.2, -0.15) is 0 Å². The van der Waals surface area contributed by atoms with E-state index in [1.54, 1.807) is 18.4 Å². The van der Waals surface area contributed by atoms with E-state index in [9.17, 15) is 9.59 Å². The van der Waals surface area contributed by atoms with Crippen LogP contribution < -0.4 is 5.32 Å². The Morgan fingerprint density at radius 3 is 2.58 bits per heavy atom. The number of amides is 1. The van der Waals surface area contributed by atoms with E-state index in [4.69, 9.17) is 5.11 Å². The molecule has 0 radical (unpaired) electrons. The van der Waals surface area contributed by atoms with Crippen molar-refractivity contribution in [1.29, 1.82) is 0 Å². The van der Waals surface area contributed by atoms with Crippen molar-refractivity contribution in [3.05, 3.63) is 70.6 Å². The van der Waals surface area contributed by atoms with Crippen molar-refractivity contribution in [2.24, 2.45) is 0 Å². The molecule has 2 aromatic carbocycles. The molecule has 1 heterocycles. The van der Waals surface area contributed by atoms with Crippen LogP contribution in [0.3, 0.4) is 0 Å². The Hall–Kier alpha value is -2.92. The number of thiophene rings is 1. The van der Waals surface area contributed by atoms with Crippen molar-refractivity contribution < 1.29 is 14.7 Å². The number of carboxylic acids is 1. The smallest absolute Gasteiger partial charge is 0.338 e. The summed E-state index contributed by atoms with van der Waals surface area (Å²) in [5.74, 6) is -1.36. The van der Waals surface area contributed by atoms with E-state index < -0.39 is 5.97 Å². The van der Waals surface area contributed by atoms with Crippen LogP contribution in [-0.4, -0.2) is 17.0 Å². The Morgan fingerprint density at radius 2 is 1.83 bits per heavy atom. The maximum atomic E-state index is 12.3. The first-order valence-electron chi connectivity index (χ1n) is 7.34. The minimum Gasteiger partial charge on any atom is -0.478 e. The molecular weight excluding hydrogens is 322 g/mol. The van der Waals surface area contributed by atoms with Crippen molar-refractivity contribution in [2.45, 2.75) is 6.92 Å². The molecule has 120 valence electrons. The molecule has 0 saturated carbocycles. The molecule has 0 aliphatic carbocycles. The third kappa shape index (κ3) is 3.36. The van der Waals surface area contributed by atoms with Gasteiger partial charge < -0.3 is 10.4 Å². The zero-order chi connectivity index (χ0) is 17.1. The van der Waals surface area contributed by atoms with Crippen LogP contribution in [-0.2, 0) is 4.79 Å². The number of nitrogens with one attached hydrogen (secondary N) is 1. The van der Waals surface area contributed by atoms with Gasteiger partial charge in [-0.1, -0.05) is 36.4 Å². The minimum atomic E-state index is -1.05. The highest BCUT2D eigenvalue weighted by molar-refractivity contribution is 7.14. The van der Waals surface area contributed by atoms with Gasteiger partial charge in [-0.15, -0.1) is 11.3 Å². The Labute approximate surface area is 143 Å². The van der Waals surface area contributed by atoms with Gasteiger partial charge in [0.15, 0.2) is 0 Å². The van der Waals surface area contributed by atoms with Crippen molar-refractivity contribution in [2.75, 3.05) is 5.32 Å². The molecule has 24 heavy (non-hydrogen) atoms. The number of benzene rings is 2. The summed E-state index contributed by atoms with van der Waals surface area (Å²) in [6.45, 7) is 1.71. The monoisotopic (exact) mass is 337 g/mol. The van der Waals surface area contributed by atoms with E-state index in [1.165, 1.54) is 17.4 Å². The van der Waals surface area contributed by atoms with E-state index in [0.717, 1.165) is 16.3 Å². The lowest BCUT2D eigenvalue weighted by Crippen LogP contribution is -2.13. The summed E-state index contributed by atoms with van der Waals surface area (Å²) in [6.07, 6.45) is 1.79. The fourth-order valence-electron chi connectivity index (χ4n) is 2.39. The molecule has 0 bridgehead atoms. The number of carbonyl (C=O) groups is 2. The predicted molar refractivity (Wildman–Crippen MR) is 97.5 cm³/mol. The van der Waals surface area contributed by atoms with Crippen molar-refractivity contribution in [1.82, 2.24) is 0 Å². The maximum Gasteiger partial charge on any atom is 0.338 e. The van der Waals surface area contributed by atoms with Crippen molar-refractivity contribution in [3.8, 4) is 0 Å². The first-order valence-corrected chi connectivity index (χ1v) is 8.22. The normalized spacial score (nSPS) is 11.5. The third-order valence-electron chi connectivity index (χ3n) is 3.64. The van der Waals surface area contributed by atoms with Gasteiger partial charge in [0.05, 0.1) is 5.56 Å². The molecule has 0 fully saturated rings. The van der Waals surface area contributed by atoms with Crippen LogP contribution in [0.15, 0.2) is 59.5 Å². The molecule has 4 nitrogen and oxygen atoms in total. The second kappa shape index (κ2) is 6.68. The number of fused-ring (bicyclic) bond motifs is 1. The number of carboxylic acid groups (broad SMARTS) is 1. The molecular formula is C19H15NO3S. The summed E-state index contributed by atoms with van der Waals surface area (Å²) in [5, 5.41) is 16.0. The standard InChI is InChI=1S/C19H15NO3S/c1-12(17(21)20-18-16(19(22)23)8-9-24-18)10-13-6-7-14-4-2-3-5-15(14)11-13/h2-11H,1H3,(H,20,21)(H,22,23)/b12-10+. The Morgan fingerprint density at radius 1 is 1.08 bits per heavy atom. The topological polar surface area (TPSA) is 66.4 Å². The molecule has 3 rings (SSSR count). The van der Waals surface area contributed by atoms with E-state index in [2.05, 4.69) is 5.32 Å². The molecule has 0 aliphatic heterocycles. The zero-order valence-electron chi connectivity index (χ0n) is 12.9. The highest BCUT2D eigenvalue weighted by Gasteiger charge is 2.14. The van der Waals surface area contributed by atoms with Crippen molar-refractivity contribution >= 4 is 45.1 Å². The predicted octanol–water partition coefficient (Wildman–Crippen LogP) is 4.64. The minimum absolute atomic E-state index is 0.104. The van der Waals surface area contributed by atoms with E-state index in [0.29, 0.717) is 10.6 Å². The molecule has 1 aromatic heterocycles. The number of rotatable bonds is 4. The van der Waals surface area contributed by atoms with E-state index in [-0.39, 0.29) is 11.5 Å². The Bertz CT molecular complexity index is 956. The van der Waals surface area contributed by atoms with E-state index >= 15 is 0 Å². The van der Waals surface area contributed by atoms with Gasteiger partial charge in [-0.25, -0.2) is 4.79 Å². The molecule has 2 N–H and O–H groups in total. The largest absolute Gasteiger partial charge is 0.478 e. The molecule has 0 spiro atoms. The fourth-order valence-corrected chi connectivity index (χ4v) is 3.16. The van der Waals surface area contributed by atoms with Gasteiger partial charge >= 0.3 is 5.97 Å². The number of aromatic carboxylic acids is 1. The lowest BCUT2D eigenvalue weighted by Gasteiger charge is -2.05. The van der Waals surface area contributed by atoms with Gasteiger partial charge in [-0.05, 0) is 46.8 Å². The van der Waals surface area contributed by atoms with Crippen LogP contribution in [0.4, 0.5) is 5.00 Å². The molecule has 0 atom stereocenters. The van der Waals surface area contributed by atoms with Crippen LogP contribution in [0.2, 0.25) is 0 Å². The average molecular weight is 337 g/mol. The highest BCUT2D eigenvalue weighted by Crippen LogP contribution is 2.24. The van der Waals surface area contributed by atoms with Gasteiger partial charge in [-0.3, -0.25) is 4.79 Å². The summed E-state index contributed by atoms with van der Waals surface area (Å²) < 4.78 is 0. The Balaban J connectivity index is 1.82. The zero-order valence-corrected chi connectivity index (χ0v) is 13.8. The maximum absolute atomic E-state index is 12.3. The lowest BCUT2D eigenvalue weighted by atomic mass is 10.1. The van der Waals surface area contributed by atoms with Gasteiger partial charge in [0, 0.05) is 5.57 Å². The van der Waals surface area contributed by atoms with Crippen LogP contribution in [0.1, 0.15) is 22.8 Å². The van der Waals surface area contributed by atoms with Crippen LogP contribution in [0.5, 0.6) is 0 Å². The molecule has 0 saturated heterocycles. The first-order chi connectivity index (χ1) is 11.5. The fraction of sp³-hybridized carbons (Fsp3) is 0.0526. The van der Waals surface area contributed by atoms with Crippen LogP contribution >= 0.6 is 11.3 Å². The molecule has 0 aliphatic rings.